The average molecular weight is 1340 g/mol. The molecule has 0 aromatic carbocycles. The van der Waals surface area contributed by atoms with Gasteiger partial charge in [0.1, 0.15) is 34.9 Å². The summed E-state index contributed by atoms with van der Waals surface area (Å²) in [6.07, 6.45) is 0.952. The number of carbonyl (C=O) groups excluding carboxylic acids is 3. The van der Waals surface area contributed by atoms with Gasteiger partial charge < -0.3 is 57.0 Å². The van der Waals surface area contributed by atoms with Crippen LogP contribution in [0.15, 0.2) is 18.0 Å². The standard InChI is InChI=1S/C7H14N4O.C7H13N3O2.C6H11N3.C5H10N4.2C5H9N3O.C5H9N3S.C5H11NO3S.C5H10O2.C5H10O/c1-5(2)6-10-11-7(12-6)9-4-3-8;1-5(2)6-9-10-7(12-6)8-3-4-11;1-4(2)6-7-5(3)8-9-6;1-3(2)4-7-5(6)9-8-4;1-3(2)4-7-8-5(6)9-4;1-3(2)4-6-5(9)8-7-4;1-3(2)4-7-8-5(6)9-4;1-4(2)5(7)6-10(3,8)9;1-4(2)5(7)3-6;1-4(2)5(3)6/h5H,3-4,8H2,1-2H3,(H,9,11);5,11H,3-4H2,1-2H3,(H,8,10);4H,1-3H3,(H,7,8,9);3H,1-2H3,(H3,6,7,8,9);3H,1-2H3,(H2,6,8);3H,1-2H3,(H2,6,7,8,9);3H,1-2H3,(H2,6,8);4H,1-3H3,(H,6,7);4,6H,3H2,1-2H3;4H,1-3H3. The zero-order valence-electron chi connectivity index (χ0n) is 57.8. The van der Waals surface area contributed by atoms with Gasteiger partial charge in [-0.15, -0.1) is 30.6 Å². The fourth-order valence-corrected chi connectivity index (χ4v) is 5.80. The predicted octanol–water partition coefficient (Wildman–Crippen LogP) is 6.30. The molecule has 35 nitrogen and oxygen atoms in total. The van der Waals surface area contributed by atoms with Gasteiger partial charge in [0.2, 0.25) is 44.7 Å². The van der Waals surface area contributed by atoms with Gasteiger partial charge in [0.05, 0.1) is 12.9 Å². The van der Waals surface area contributed by atoms with Crippen molar-refractivity contribution >= 4 is 68.0 Å². The van der Waals surface area contributed by atoms with Crippen molar-refractivity contribution in [3.8, 4) is 0 Å². The molecule has 7 heterocycles. The molecule has 0 saturated carbocycles. The normalized spacial score (nSPS) is 10.6. The average Bonchev–Trinajstić information content (AvgIpc) is 2.68. The lowest BCUT2D eigenvalue weighted by molar-refractivity contribution is -0.124. The zero-order valence-corrected chi connectivity index (χ0v) is 59.5. The number of hydrogen-bond acceptors (Lipinski definition) is 31. The van der Waals surface area contributed by atoms with Crippen LogP contribution >= 0.6 is 11.3 Å². The largest absolute Gasteiger partial charge is 0.408 e. The fourth-order valence-electron chi connectivity index (χ4n) is 4.58. The van der Waals surface area contributed by atoms with Gasteiger partial charge in [0.25, 0.3) is 0 Å². The van der Waals surface area contributed by atoms with E-state index in [1.807, 2.05) is 94.7 Å². The summed E-state index contributed by atoms with van der Waals surface area (Å²) in [7, 11) is -3.37. The minimum absolute atomic E-state index is 0.0231. The van der Waals surface area contributed by atoms with Crippen molar-refractivity contribution < 1.29 is 46.3 Å². The Labute approximate surface area is 543 Å². The van der Waals surface area contributed by atoms with Crippen LogP contribution in [0.5, 0.6) is 0 Å². The van der Waals surface area contributed by atoms with Gasteiger partial charge in [-0.3, -0.25) is 34.3 Å². The molecule has 37 heteroatoms. The molecule has 0 unspecified atom stereocenters. The molecule has 0 spiro atoms. The predicted molar refractivity (Wildman–Crippen MR) is 355 cm³/mol. The fraction of sp³-hybridized carbons (Fsp3) is 0.691. The number of aryl methyl sites for hydroxylation is 1. The zero-order chi connectivity index (χ0) is 71.6. The number of Topliss-reactive ketones (excluding diaryl/α,β-unsaturated/α-hetero) is 2. The number of rotatable bonds is 18. The molecule has 0 aliphatic heterocycles. The number of aliphatic hydroxyl groups is 2. The molecule has 0 aliphatic carbocycles. The first kappa shape index (κ1) is 88.0. The van der Waals surface area contributed by atoms with E-state index in [4.69, 9.17) is 46.4 Å². The van der Waals surface area contributed by atoms with Crippen molar-refractivity contribution in [3.63, 3.8) is 0 Å². The Morgan fingerprint density at radius 3 is 1.27 bits per heavy atom. The van der Waals surface area contributed by atoms with Crippen molar-refractivity contribution in [1.29, 1.82) is 0 Å². The first-order valence-corrected chi connectivity index (χ1v) is 32.3. The Balaban J connectivity index is -0.000000962. The Hall–Kier alpha value is -8.16. The van der Waals surface area contributed by atoms with Crippen LogP contribution in [0, 0.1) is 24.7 Å². The highest BCUT2D eigenvalue weighted by molar-refractivity contribution is 7.89. The van der Waals surface area contributed by atoms with Crippen LogP contribution in [0.2, 0.25) is 0 Å². The number of amides is 1. The number of carbonyl (C=O) groups is 3. The van der Waals surface area contributed by atoms with E-state index in [0.29, 0.717) is 84.0 Å². The number of anilines is 5. The molecular formula is C55H106N24O11S2. The number of nitrogens with zero attached hydrogens (tertiary/aromatic N) is 13. The van der Waals surface area contributed by atoms with Crippen LogP contribution in [-0.4, -0.2) is 162 Å². The number of hydrogen-bond donors (Lipinski definition) is 13. The van der Waals surface area contributed by atoms with Gasteiger partial charge in [-0.1, -0.05) is 165 Å². The second-order valence-electron chi connectivity index (χ2n) is 22.7. The molecule has 0 atom stereocenters. The van der Waals surface area contributed by atoms with E-state index >= 15 is 0 Å². The van der Waals surface area contributed by atoms with E-state index in [9.17, 15) is 27.6 Å². The Kier molecular flexibility index (Phi) is 45.7. The highest BCUT2D eigenvalue weighted by Gasteiger charge is 2.13. The summed E-state index contributed by atoms with van der Waals surface area (Å²) in [5, 5.41) is 73.0. The molecule has 0 fully saturated rings. The second-order valence-corrected chi connectivity index (χ2v) is 25.4. The molecule has 17 N–H and O–H groups in total. The van der Waals surface area contributed by atoms with Crippen LogP contribution in [0.4, 0.5) is 29.1 Å². The monoisotopic (exact) mass is 1340 g/mol. The number of aromatic nitrogens is 17. The smallest absolute Gasteiger partial charge is 0.340 e. The number of H-pyrrole nitrogens is 4. The molecule has 0 saturated heterocycles. The summed E-state index contributed by atoms with van der Waals surface area (Å²) in [5.74, 6) is 7.37. The maximum Gasteiger partial charge on any atom is 0.340 e. The third-order valence-electron chi connectivity index (χ3n) is 10.3. The van der Waals surface area contributed by atoms with E-state index in [0.717, 1.165) is 28.7 Å². The van der Waals surface area contributed by atoms with E-state index in [1.54, 1.807) is 34.6 Å². The quantitative estimate of drug-likeness (QED) is 0.0448. The summed E-state index contributed by atoms with van der Waals surface area (Å²) >= 11 is 1.45. The van der Waals surface area contributed by atoms with Gasteiger partial charge in [-0.05, 0) is 13.8 Å². The Morgan fingerprint density at radius 1 is 0.576 bits per heavy atom. The number of sulfonamides is 1. The van der Waals surface area contributed by atoms with Gasteiger partial charge in [-0.25, -0.2) is 23.3 Å². The first-order chi connectivity index (χ1) is 42.6. The summed E-state index contributed by atoms with van der Waals surface area (Å²) in [4.78, 5) is 52.1. The maximum absolute atomic E-state index is 10.7. The molecule has 0 aliphatic rings. The van der Waals surface area contributed by atoms with Crippen LogP contribution in [0.3, 0.4) is 0 Å². The number of nitrogen functional groups attached to an aromatic ring is 3. The number of nitrogens with two attached hydrogens (primary N) is 4. The van der Waals surface area contributed by atoms with Crippen molar-refractivity contribution in [2.75, 3.05) is 66.9 Å². The van der Waals surface area contributed by atoms with Crippen LogP contribution < -0.4 is 44.0 Å². The summed E-state index contributed by atoms with van der Waals surface area (Å²) in [6.45, 7) is 43.6. The van der Waals surface area contributed by atoms with Crippen LogP contribution in [0.25, 0.3) is 0 Å². The molecule has 524 valence electrons. The van der Waals surface area contributed by atoms with E-state index in [1.165, 1.54) is 11.3 Å². The third-order valence-corrected chi connectivity index (χ3v) is 11.9. The Morgan fingerprint density at radius 2 is 1.07 bits per heavy atom. The lowest BCUT2D eigenvalue weighted by Crippen LogP contribution is -2.32. The van der Waals surface area contributed by atoms with Gasteiger partial charge in [-0.2, -0.15) is 15.2 Å². The van der Waals surface area contributed by atoms with Crippen molar-refractivity contribution in [3.05, 3.63) is 56.5 Å². The topological polar surface area (TPSA) is 553 Å². The minimum Gasteiger partial charge on any atom is -0.408 e. The lowest BCUT2D eigenvalue weighted by Gasteiger charge is -2.03. The summed E-state index contributed by atoms with van der Waals surface area (Å²) < 4.78 is 38.0. The Bertz CT molecular complexity index is 2960. The number of nitrogens with one attached hydrogen (secondary N) is 7. The molecule has 92 heavy (non-hydrogen) atoms. The molecule has 0 bridgehead atoms. The van der Waals surface area contributed by atoms with Crippen molar-refractivity contribution in [2.45, 2.75) is 194 Å². The molecule has 1 amide bonds. The lowest BCUT2D eigenvalue weighted by atomic mass is 10.1. The number of ketones is 2. The molecule has 0 radical (unpaired) electrons. The molecule has 7 aromatic heterocycles. The highest BCUT2D eigenvalue weighted by atomic mass is 32.2. The number of aromatic amines is 4. The van der Waals surface area contributed by atoms with Crippen LogP contribution in [-0.2, 0) is 24.4 Å². The minimum atomic E-state index is -3.37. The molecule has 7 rings (SSSR count). The van der Waals surface area contributed by atoms with E-state index in [-0.39, 0.29) is 77.9 Å². The van der Waals surface area contributed by atoms with Crippen molar-refractivity contribution in [2.24, 2.45) is 23.5 Å². The van der Waals surface area contributed by atoms with Gasteiger partial charge in [0.15, 0.2) is 11.6 Å². The van der Waals surface area contributed by atoms with Crippen LogP contribution in [0.1, 0.15) is 233 Å². The first-order valence-electron chi connectivity index (χ1n) is 29.6. The third kappa shape index (κ3) is 44.3. The highest BCUT2D eigenvalue weighted by Crippen LogP contribution is 2.20. The summed E-state index contributed by atoms with van der Waals surface area (Å²) in [5.41, 5.74) is 20.9. The maximum atomic E-state index is 10.7. The van der Waals surface area contributed by atoms with Gasteiger partial charge >= 0.3 is 23.7 Å². The SMILES string of the molecule is CC(=O)C(C)C.CC(C)C(=O)CO.CC(C)C(=O)NS(C)(=O)=O.CC(C)c1n[nH]c(=O)[nH]1.CC(C)c1nc(N)n[nH]1.CC(C)c1nnc(N)o1.CC(C)c1nnc(N)s1.CC(C)c1nnc(NCCN)o1.CC(C)c1nnc(NCCO)o1.Cc1nc(C(C)C)n[nH]1. The van der Waals surface area contributed by atoms with Gasteiger partial charge in [0, 0.05) is 78.8 Å². The van der Waals surface area contributed by atoms with Crippen molar-refractivity contribution in [1.82, 2.24) is 91.1 Å². The van der Waals surface area contributed by atoms with E-state index < -0.39 is 15.9 Å². The van der Waals surface area contributed by atoms with E-state index in [2.05, 4.69) is 125 Å². The summed E-state index contributed by atoms with van der Waals surface area (Å²) in [6, 6.07) is 0.954. The number of aliphatic hydroxyl groups excluding tert-OH is 2. The molecular weight excluding hydrogens is 1240 g/mol. The molecule has 7 aromatic rings. The second kappa shape index (κ2) is 47.7.